The van der Waals surface area contributed by atoms with Crippen molar-refractivity contribution >= 4 is 0 Å². The third-order valence-electron chi connectivity index (χ3n) is 2.98. The van der Waals surface area contributed by atoms with E-state index in [-0.39, 0.29) is 0 Å². The van der Waals surface area contributed by atoms with Gasteiger partial charge in [-0.25, -0.2) is 0 Å². The zero-order chi connectivity index (χ0) is 10.6. The van der Waals surface area contributed by atoms with Gasteiger partial charge in [0.2, 0.25) is 0 Å². The molecule has 0 aromatic rings. The first-order valence-electron chi connectivity index (χ1n) is 6.07. The van der Waals surface area contributed by atoms with Crippen LogP contribution in [0.2, 0.25) is 0 Å². The third kappa shape index (κ3) is 3.58. The van der Waals surface area contributed by atoms with Gasteiger partial charge in [0, 0.05) is 25.2 Å². The molecule has 0 saturated carbocycles. The van der Waals surface area contributed by atoms with Gasteiger partial charge in [0.05, 0.1) is 0 Å². The summed E-state index contributed by atoms with van der Waals surface area (Å²) in [6, 6.07) is 1.45. The Hall–Kier alpha value is -0.0800. The number of rotatable bonds is 4. The molecule has 0 bridgehead atoms. The maximum atomic E-state index is 3.50. The molecule has 0 aliphatic carbocycles. The predicted octanol–water partition coefficient (Wildman–Crippen LogP) is 2.10. The molecular formula is C12H26N2. The number of piperidine rings is 1. The topological polar surface area (TPSA) is 15.3 Å². The van der Waals surface area contributed by atoms with E-state index in [1.54, 1.807) is 0 Å². The van der Waals surface area contributed by atoms with Crippen molar-refractivity contribution in [2.45, 2.75) is 52.6 Å². The Bertz CT molecular complexity index is 148. The number of nitrogens with one attached hydrogen (secondary N) is 1. The Morgan fingerprint density at radius 2 is 2.00 bits per heavy atom. The van der Waals surface area contributed by atoms with Gasteiger partial charge in [0.25, 0.3) is 0 Å². The zero-order valence-corrected chi connectivity index (χ0v) is 10.2. The lowest BCUT2D eigenvalue weighted by atomic mass is 10.0. The van der Waals surface area contributed by atoms with Crippen LogP contribution in [-0.2, 0) is 0 Å². The summed E-state index contributed by atoms with van der Waals surface area (Å²) in [7, 11) is 0. The second-order valence-electron chi connectivity index (χ2n) is 5.18. The second-order valence-corrected chi connectivity index (χ2v) is 5.18. The lowest BCUT2D eigenvalue weighted by Crippen LogP contribution is -2.50. The van der Waals surface area contributed by atoms with Crippen LogP contribution in [0.3, 0.4) is 0 Å². The highest BCUT2D eigenvalue weighted by atomic mass is 15.2. The zero-order valence-electron chi connectivity index (χ0n) is 10.2. The number of nitrogens with zero attached hydrogens (tertiary/aromatic N) is 1. The highest BCUT2D eigenvalue weighted by molar-refractivity contribution is 4.80. The van der Waals surface area contributed by atoms with E-state index in [0.717, 1.165) is 12.0 Å². The summed E-state index contributed by atoms with van der Waals surface area (Å²) in [6.45, 7) is 12.9. The summed E-state index contributed by atoms with van der Waals surface area (Å²) in [6.07, 6.45) is 2.71. The van der Waals surface area contributed by atoms with E-state index in [2.05, 4.69) is 37.9 Å². The minimum absolute atomic E-state index is 0.683. The summed E-state index contributed by atoms with van der Waals surface area (Å²) in [5, 5.41) is 3.50. The quantitative estimate of drug-likeness (QED) is 0.744. The van der Waals surface area contributed by atoms with Gasteiger partial charge in [-0.05, 0) is 39.2 Å². The van der Waals surface area contributed by atoms with Gasteiger partial charge in [-0.2, -0.15) is 0 Å². The first kappa shape index (κ1) is 12.0. The van der Waals surface area contributed by atoms with E-state index in [1.807, 2.05) is 0 Å². The predicted molar refractivity (Wildman–Crippen MR) is 62.6 cm³/mol. The van der Waals surface area contributed by atoms with Crippen molar-refractivity contribution in [1.82, 2.24) is 10.2 Å². The van der Waals surface area contributed by atoms with Gasteiger partial charge < -0.3 is 5.32 Å². The van der Waals surface area contributed by atoms with Crippen molar-refractivity contribution in [3.63, 3.8) is 0 Å². The smallest absolute Gasteiger partial charge is 0.0223 e. The van der Waals surface area contributed by atoms with Crippen LogP contribution < -0.4 is 5.32 Å². The summed E-state index contributed by atoms with van der Waals surface area (Å²) in [5.74, 6) is 0.777. The molecular weight excluding hydrogens is 172 g/mol. The average molecular weight is 198 g/mol. The molecule has 1 N–H and O–H groups in total. The second kappa shape index (κ2) is 5.72. The van der Waals surface area contributed by atoms with E-state index in [4.69, 9.17) is 0 Å². The molecule has 14 heavy (non-hydrogen) atoms. The largest absolute Gasteiger partial charge is 0.315 e. The van der Waals surface area contributed by atoms with Crippen LogP contribution in [0.25, 0.3) is 0 Å². The number of hydrogen-bond donors (Lipinski definition) is 1. The Morgan fingerprint density at radius 1 is 1.29 bits per heavy atom. The van der Waals surface area contributed by atoms with Crippen molar-refractivity contribution in [1.29, 1.82) is 0 Å². The van der Waals surface area contributed by atoms with Gasteiger partial charge in [-0.1, -0.05) is 13.8 Å². The molecule has 1 aliphatic heterocycles. The van der Waals surface area contributed by atoms with Crippen molar-refractivity contribution in [3.05, 3.63) is 0 Å². The standard InChI is InChI=1S/C12H26N2/c1-10(2)9-14(11(3)4)12-6-5-7-13-8-12/h10-13H,5-9H2,1-4H3. The van der Waals surface area contributed by atoms with E-state index in [0.29, 0.717) is 6.04 Å². The fraction of sp³-hybridized carbons (Fsp3) is 1.00. The normalized spacial score (nSPS) is 23.8. The Kier molecular flexibility index (Phi) is 4.90. The van der Waals surface area contributed by atoms with E-state index in [1.165, 1.54) is 32.5 Å². The summed E-state index contributed by atoms with van der Waals surface area (Å²) < 4.78 is 0. The minimum atomic E-state index is 0.683. The molecule has 0 radical (unpaired) electrons. The molecule has 84 valence electrons. The van der Waals surface area contributed by atoms with E-state index >= 15 is 0 Å². The molecule has 1 atom stereocenters. The minimum Gasteiger partial charge on any atom is -0.315 e. The molecule has 1 heterocycles. The average Bonchev–Trinajstić information content (AvgIpc) is 2.15. The Morgan fingerprint density at radius 3 is 2.43 bits per heavy atom. The van der Waals surface area contributed by atoms with Gasteiger partial charge in [-0.3, -0.25) is 4.90 Å². The molecule has 0 spiro atoms. The molecule has 1 fully saturated rings. The number of hydrogen-bond acceptors (Lipinski definition) is 2. The molecule has 1 saturated heterocycles. The SMILES string of the molecule is CC(C)CN(C(C)C)C1CCCNC1. The lowest BCUT2D eigenvalue weighted by Gasteiger charge is -2.38. The van der Waals surface area contributed by atoms with Gasteiger partial charge in [0.15, 0.2) is 0 Å². The Labute approximate surface area is 89.1 Å². The van der Waals surface area contributed by atoms with Gasteiger partial charge >= 0.3 is 0 Å². The molecule has 0 amide bonds. The summed E-state index contributed by atoms with van der Waals surface area (Å²) in [5.41, 5.74) is 0. The highest BCUT2D eigenvalue weighted by Gasteiger charge is 2.23. The van der Waals surface area contributed by atoms with Gasteiger partial charge in [0.1, 0.15) is 0 Å². The van der Waals surface area contributed by atoms with E-state index < -0.39 is 0 Å². The van der Waals surface area contributed by atoms with Crippen LogP contribution >= 0.6 is 0 Å². The molecule has 0 aromatic heterocycles. The highest BCUT2D eigenvalue weighted by Crippen LogP contribution is 2.15. The van der Waals surface area contributed by atoms with Crippen LogP contribution in [0.1, 0.15) is 40.5 Å². The maximum Gasteiger partial charge on any atom is 0.0223 e. The lowest BCUT2D eigenvalue weighted by molar-refractivity contribution is 0.114. The molecule has 2 heteroatoms. The first-order chi connectivity index (χ1) is 6.61. The van der Waals surface area contributed by atoms with Crippen LogP contribution in [-0.4, -0.2) is 36.6 Å². The summed E-state index contributed by atoms with van der Waals surface area (Å²) in [4.78, 5) is 2.66. The van der Waals surface area contributed by atoms with Crippen LogP contribution in [0, 0.1) is 5.92 Å². The van der Waals surface area contributed by atoms with Gasteiger partial charge in [-0.15, -0.1) is 0 Å². The van der Waals surface area contributed by atoms with Crippen molar-refractivity contribution < 1.29 is 0 Å². The fourth-order valence-corrected chi connectivity index (χ4v) is 2.32. The van der Waals surface area contributed by atoms with Crippen molar-refractivity contribution in [3.8, 4) is 0 Å². The van der Waals surface area contributed by atoms with Crippen molar-refractivity contribution in [2.24, 2.45) is 5.92 Å². The molecule has 1 rings (SSSR count). The molecule has 0 aromatic carbocycles. The third-order valence-corrected chi connectivity index (χ3v) is 2.98. The van der Waals surface area contributed by atoms with Crippen LogP contribution in [0.15, 0.2) is 0 Å². The van der Waals surface area contributed by atoms with E-state index in [9.17, 15) is 0 Å². The molecule has 1 unspecified atom stereocenters. The van der Waals surface area contributed by atoms with Crippen LogP contribution in [0.4, 0.5) is 0 Å². The molecule has 1 aliphatic rings. The Balaban J connectivity index is 2.47. The van der Waals surface area contributed by atoms with Crippen LogP contribution in [0.5, 0.6) is 0 Å². The monoisotopic (exact) mass is 198 g/mol. The maximum absolute atomic E-state index is 3.50. The fourth-order valence-electron chi connectivity index (χ4n) is 2.32. The molecule has 2 nitrogen and oxygen atoms in total. The van der Waals surface area contributed by atoms with Crippen molar-refractivity contribution in [2.75, 3.05) is 19.6 Å². The summed E-state index contributed by atoms with van der Waals surface area (Å²) >= 11 is 0. The first-order valence-corrected chi connectivity index (χ1v) is 6.07.